The van der Waals surface area contributed by atoms with E-state index in [4.69, 9.17) is 9.84 Å². The Morgan fingerprint density at radius 3 is 2.66 bits per heavy atom. The summed E-state index contributed by atoms with van der Waals surface area (Å²) in [5, 5.41) is 14.6. The Hall–Kier alpha value is -3.10. The average molecular weight is 523 g/mol. The number of carboxylic acid groups (broad SMARTS) is 1. The van der Waals surface area contributed by atoms with Gasteiger partial charge in [0.2, 0.25) is 5.91 Å². The molecule has 2 aromatic rings. The fourth-order valence-electron chi connectivity index (χ4n) is 5.57. The number of ether oxygens (including phenoxy) is 1. The highest BCUT2D eigenvalue weighted by molar-refractivity contribution is 5.94. The minimum absolute atomic E-state index is 0.00981. The number of hydrogen-bond acceptors (Lipinski definition) is 5. The van der Waals surface area contributed by atoms with E-state index in [1.807, 2.05) is 36.2 Å². The Balaban J connectivity index is 1.26. The van der Waals surface area contributed by atoms with Gasteiger partial charge in [-0.25, -0.2) is 4.79 Å². The minimum Gasteiger partial charge on any atom is -0.490 e. The molecule has 1 atom stereocenters. The lowest BCUT2D eigenvalue weighted by Gasteiger charge is -2.32. The molecular weight excluding hydrogens is 480 g/mol. The molecule has 1 aliphatic heterocycles. The maximum Gasteiger partial charge on any atom is 0.404 e. The van der Waals surface area contributed by atoms with Crippen LogP contribution in [-0.4, -0.2) is 67.4 Å². The Morgan fingerprint density at radius 2 is 1.95 bits per heavy atom. The molecule has 0 unspecified atom stereocenters. The van der Waals surface area contributed by atoms with Gasteiger partial charge in [0.25, 0.3) is 0 Å². The molecule has 1 saturated heterocycles. The molecule has 0 radical (unpaired) electrons. The van der Waals surface area contributed by atoms with Crippen LogP contribution in [0.3, 0.4) is 0 Å². The molecule has 4 rings (SSSR count). The number of aryl methyl sites for hydroxylation is 1. The first-order valence-corrected chi connectivity index (χ1v) is 13.8. The van der Waals surface area contributed by atoms with Crippen molar-refractivity contribution in [1.82, 2.24) is 15.5 Å². The van der Waals surface area contributed by atoms with Crippen molar-refractivity contribution in [2.24, 2.45) is 5.92 Å². The maximum atomic E-state index is 13.3. The second-order valence-electron chi connectivity index (χ2n) is 10.8. The third-order valence-corrected chi connectivity index (χ3v) is 7.81. The number of amides is 2. The van der Waals surface area contributed by atoms with E-state index < -0.39 is 6.09 Å². The van der Waals surface area contributed by atoms with Crippen LogP contribution in [-0.2, 0) is 17.8 Å². The van der Waals surface area contributed by atoms with E-state index in [0.717, 1.165) is 68.9 Å². The van der Waals surface area contributed by atoms with E-state index in [1.165, 1.54) is 11.1 Å². The Bertz CT molecular complexity index is 1100. The molecule has 1 heterocycles. The molecule has 8 nitrogen and oxygen atoms in total. The van der Waals surface area contributed by atoms with Gasteiger partial charge >= 0.3 is 6.09 Å². The third-order valence-electron chi connectivity index (χ3n) is 7.81. The molecule has 0 bridgehead atoms. The number of nitrogens with zero attached hydrogens (tertiary/aromatic N) is 2. The van der Waals surface area contributed by atoms with Gasteiger partial charge in [-0.05, 0) is 86.9 Å². The van der Waals surface area contributed by atoms with Gasteiger partial charge in [-0.3, -0.25) is 9.69 Å². The number of nitrogens with one attached hydrogen (secondary N) is 2. The molecular formula is C30H42N4O4. The Morgan fingerprint density at radius 1 is 1.16 bits per heavy atom. The van der Waals surface area contributed by atoms with E-state index in [0.29, 0.717) is 19.0 Å². The molecule has 0 spiro atoms. The van der Waals surface area contributed by atoms with Crippen LogP contribution in [0.25, 0.3) is 0 Å². The molecule has 0 aromatic heterocycles. The highest BCUT2D eigenvalue weighted by Gasteiger charge is 2.30. The first-order chi connectivity index (χ1) is 18.3. The van der Waals surface area contributed by atoms with Gasteiger partial charge in [-0.2, -0.15) is 0 Å². The van der Waals surface area contributed by atoms with E-state index in [1.54, 1.807) is 0 Å². The number of benzene rings is 2. The van der Waals surface area contributed by atoms with E-state index >= 15 is 0 Å². The quantitative estimate of drug-likeness (QED) is 0.457. The largest absolute Gasteiger partial charge is 0.490 e. The highest BCUT2D eigenvalue weighted by atomic mass is 16.5. The van der Waals surface area contributed by atoms with Gasteiger partial charge < -0.3 is 25.4 Å². The second kappa shape index (κ2) is 13.1. The molecule has 1 saturated carbocycles. The van der Waals surface area contributed by atoms with Crippen molar-refractivity contribution in [3.63, 3.8) is 0 Å². The molecule has 8 heteroatoms. The van der Waals surface area contributed by atoms with Gasteiger partial charge in [-0.15, -0.1) is 0 Å². The first-order valence-electron chi connectivity index (χ1n) is 13.8. The summed E-state index contributed by atoms with van der Waals surface area (Å²) in [6.07, 6.45) is 3.01. The number of piperazine rings is 1. The predicted octanol–water partition coefficient (Wildman–Crippen LogP) is 4.20. The van der Waals surface area contributed by atoms with Gasteiger partial charge in [-0.1, -0.05) is 18.2 Å². The number of rotatable bonds is 9. The lowest BCUT2D eigenvalue weighted by atomic mass is 9.86. The van der Waals surface area contributed by atoms with Crippen molar-refractivity contribution in [3.05, 3.63) is 59.2 Å². The molecule has 206 valence electrons. The molecule has 2 amide bonds. The number of hydrogen-bond donors (Lipinski definition) is 3. The molecule has 2 aromatic carbocycles. The first kappa shape index (κ1) is 27.9. The predicted molar refractivity (Wildman–Crippen MR) is 150 cm³/mol. The monoisotopic (exact) mass is 522 g/mol. The van der Waals surface area contributed by atoms with Crippen LogP contribution in [0.2, 0.25) is 0 Å². The summed E-state index contributed by atoms with van der Waals surface area (Å²) in [6, 6.07) is 14.8. The zero-order valence-corrected chi connectivity index (χ0v) is 22.9. The molecule has 38 heavy (non-hydrogen) atoms. The SMILES string of the molecule is Cc1cc(N(C)C(=O)[C@H]2CC[C@H](Oc3cccc(CCNC(=O)O)c3)CC2)ccc1CN1CCN[C@@H](C)C1. The fraction of sp³-hybridized carbons (Fsp3) is 0.533. The topological polar surface area (TPSA) is 94.1 Å². The average Bonchev–Trinajstić information content (AvgIpc) is 2.89. The van der Waals surface area contributed by atoms with E-state index in [2.05, 4.69) is 47.6 Å². The second-order valence-corrected chi connectivity index (χ2v) is 10.8. The lowest BCUT2D eigenvalue weighted by Crippen LogP contribution is -2.48. The Labute approximate surface area is 226 Å². The van der Waals surface area contributed by atoms with Crippen molar-refractivity contribution in [1.29, 1.82) is 0 Å². The Kier molecular flexibility index (Phi) is 9.63. The molecule has 2 aliphatic rings. The standard InChI is InChI=1S/C30H42N4O4/c1-21-17-26(10-7-25(21)20-34-16-15-31-22(2)19-34)33(3)29(35)24-8-11-27(12-9-24)38-28-6-4-5-23(18-28)13-14-32-30(36)37/h4-7,10,17-18,22,24,27,31-32H,8-9,11-16,19-20H2,1-3H3,(H,36,37)/t22-,24-,27-/m0/s1. The van der Waals surface area contributed by atoms with Gasteiger partial charge in [0, 0.05) is 57.4 Å². The zero-order valence-electron chi connectivity index (χ0n) is 22.9. The van der Waals surface area contributed by atoms with Crippen molar-refractivity contribution >= 4 is 17.7 Å². The summed E-state index contributed by atoms with van der Waals surface area (Å²) in [5.74, 6) is 0.991. The molecule has 2 fully saturated rings. The molecule has 1 aliphatic carbocycles. The normalized spacial score (nSPS) is 22.0. The van der Waals surface area contributed by atoms with E-state index in [-0.39, 0.29) is 17.9 Å². The van der Waals surface area contributed by atoms with Crippen LogP contribution < -0.4 is 20.3 Å². The number of carbonyl (C=O) groups is 2. The van der Waals surface area contributed by atoms with Crippen LogP contribution in [0.15, 0.2) is 42.5 Å². The number of anilines is 1. The molecule has 3 N–H and O–H groups in total. The van der Waals surface area contributed by atoms with Crippen LogP contribution in [0, 0.1) is 12.8 Å². The summed E-state index contributed by atoms with van der Waals surface area (Å²) in [6.45, 7) is 8.84. The van der Waals surface area contributed by atoms with Crippen molar-refractivity contribution in [2.75, 3.05) is 38.1 Å². The van der Waals surface area contributed by atoms with Crippen LogP contribution in [0.4, 0.5) is 10.5 Å². The van der Waals surface area contributed by atoms with Crippen molar-refractivity contribution in [2.45, 2.75) is 64.6 Å². The van der Waals surface area contributed by atoms with Crippen LogP contribution in [0.1, 0.15) is 49.3 Å². The maximum absolute atomic E-state index is 13.3. The fourth-order valence-corrected chi connectivity index (χ4v) is 5.57. The summed E-state index contributed by atoms with van der Waals surface area (Å²) in [4.78, 5) is 28.3. The van der Waals surface area contributed by atoms with Gasteiger partial charge in [0.1, 0.15) is 5.75 Å². The summed E-state index contributed by atoms with van der Waals surface area (Å²) < 4.78 is 6.22. The van der Waals surface area contributed by atoms with E-state index in [9.17, 15) is 9.59 Å². The van der Waals surface area contributed by atoms with Crippen LogP contribution in [0.5, 0.6) is 5.75 Å². The third kappa shape index (κ3) is 7.71. The summed E-state index contributed by atoms with van der Waals surface area (Å²) in [5.41, 5.74) is 4.54. The number of carbonyl (C=O) groups excluding carboxylic acids is 1. The minimum atomic E-state index is -1.01. The smallest absolute Gasteiger partial charge is 0.404 e. The zero-order chi connectivity index (χ0) is 27.1. The summed E-state index contributed by atoms with van der Waals surface area (Å²) >= 11 is 0. The summed E-state index contributed by atoms with van der Waals surface area (Å²) in [7, 11) is 1.89. The van der Waals surface area contributed by atoms with Crippen LogP contribution >= 0.6 is 0 Å². The lowest BCUT2D eigenvalue weighted by molar-refractivity contribution is -0.123. The van der Waals surface area contributed by atoms with Gasteiger partial charge in [0.15, 0.2) is 0 Å². The van der Waals surface area contributed by atoms with Crippen molar-refractivity contribution in [3.8, 4) is 5.75 Å². The van der Waals surface area contributed by atoms with Crippen molar-refractivity contribution < 1.29 is 19.4 Å². The highest BCUT2D eigenvalue weighted by Crippen LogP contribution is 2.31. The van der Waals surface area contributed by atoms with Gasteiger partial charge in [0.05, 0.1) is 6.10 Å².